The summed E-state index contributed by atoms with van der Waals surface area (Å²) in [5.41, 5.74) is 0.378. The first-order valence-electron chi connectivity index (χ1n) is 4.50. The van der Waals surface area contributed by atoms with Crippen LogP contribution in [0.4, 0.5) is 0 Å². The summed E-state index contributed by atoms with van der Waals surface area (Å²) in [6.07, 6.45) is 0. The third-order valence-electron chi connectivity index (χ3n) is 3.86. The highest BCUT2D eigenvalue weighted by Crippen LogP contribution is 2.48. The van der Waals surface area contributed by atoms with E-state index in [1.165, 1.54) is 7.41 Å². The summed E-state index contributed by atoms with van der Waals surface area (Å²) in [6, 6.07) is 0. The Morgan fingerprint density at radius 3 is 1.73 bits per heavy atom. The second kappa shape index (κ2) is 2.26. The summed E-state index contributed by atoms with van der Waals surface area (Å²) < 4.78 is 0. The molecule has 1 aliphatic rings. The van der Waals surface area contributed by atoms with Gasteiger partial charge in [-0.15, -0.1) is 0 Å². The van der Waals surface area contributed by atoms with Gasteiger partial charge in [0.15, 0.2) is 0 Å². The van der Waals surface area contributed by atoms with Crippen LogP contribution < -0.4 is 0 Å². The Morgan fingerprint density at radius 2 is 1.64 bits per heavy atom. The van der Waals surface area contributed by atoms with Crippen molar-refractivity contribution in [2.24, 2.45) is 5.92 Å². The summed E-state index contributed by atoms with van der Waals surface area (Å²) in [6.45, 7) is 11.8. The van der Waals surface area contributed by atoms with E-state index in [1.54, 1.807) is 0 Å². The molecule has 1 heterocycles. The van der Waals surface area contributed by atoms with Gasteiger partial charge in [0.1, 0.15) is 0 Å². The van der Waals surface area contributed by atoms with E-state index >= 15 is 0 Å². The lowest BCUT2D eigenvalue weighted by molar-refractivity contribution is 0.200. The van der Waals surface area contributed by atoms with Gasteiger partial charge >= 0.3 is 0 Å². The van der Waals surface area contributed by atoms with Gasteiger partial charge in [0.25, 0.3) is 0 Å². The topological polar surface area (TPSA) is 3.24 Å². The first-order valence-corrected chi connectivity index (χ1v) is 4.50. The largest absolute Gasteiger partial charge is 0.342 e. The Hall–Kier alpha value is 0.0249. The van der Waals surface area contributed by atoms with E-state index in [0.29, 0.717) is 10.9 Å². The number of hydrogen-bond donors (Lipinski definition) is 0. The molecule has 0 bridgehead atoms. The Bertz CT molecular complexity index is 163. The number of rotatable bonds is 0. The summed E-state index contributed by atoms with van der Waals surface area (Å²) in [4.78, 5) is 2.47. The zero-order valence-electron chi connectivity index (χ0n) is 8.73. The van der Waals surface area contributed by atoms with E-state index in [1.807, 2.05) is 0 Å². The minimum Gasteiger partial charge on any atom is -0.342 e. The van der Waals surface area contributed by atoms with Gasteiger partial charge in [-0.1, -0.05) is 20.8 Å². The van der Waals surface area contributed by atoms with Crippen LogP contribution in [0.3, 0.4) is 0 Å². The lowest BCUT2D eigenvalue weighted by Crippen LogP contribution is -2.39. The third-order valence-corrected chi connectivity index (χ3v) is 3.86. The van der Waals surface area contributed by atoms with Crippen molar-refractivity contribution in [2.75, 3.05) is 7.05 Å². The van der Waals surface area contributed by atoms with Crippen molar-refractivity contribution in [1.29, 1.82) is 0 Å². The molecule has 0 N–H and O–H groups in total. The molecule has 0 aromatic rings. The van der Waals surface area contributed by atoms with E-state index < -0.39 is 0 Å². The molecular weight excluding hydrogens is 133 g/mol. The quantitative estimate of drug-likeness (QED) is 0.480. The van der Waals surface area contributed by atoms with Crippen LogP contribution in [0.15, 0.2) is 0 Å². The van der Waals surface area contributed by atoms with Crippen molar-refractivity contribution in [3.8, 4) is 0 Å². The molecule has 0 aliphatic carbocycles. The number of hydrogen-bond acceptors (Lipinski definition) is 1. The fraction of sp³-hybridized carbons (Fsp3) is 1.00. The smallest absolute Gasteiger partial charge is 0.210 e. The second-order valence-electron chi connectivity index (χ2n) is 5.22. The van der Waals surface area contributed by atoms with Gasteiger partial charge in [-0.2, -0.15) is 0 Å². The van der Waals surface area contributed by atoms with Crippen molar-refractivity contribution in [3.63, 3.8) is 0 Å². The van der Waals surface area contributed by atoms with Crippen LogP contribution >= 0.6 is 0 Å². The summed E-state index contributed by atoms with van der Waals surface area (Å²) in [5.74, 6) is 0.778. The Kier molecular flexibility index (Phi) is 1.87. The van der Waals surface area contributed by atoms with E-state index in [2.05, 4.69) is 46.5 Å². The zero-order valence-corrected chi connectivity index (χ0v) is 8.73. The van der Waals surface area contributed by atoms with E-state index in [4.69, 9.17) is 0 Å². The maximum atomic E-state index is 2.47. The molecule has 64 valence electrons. The highest BCUT2D eigenvalue weighted by molar-refractivity contribution is 6.38. The molecule has 0 saturated carbocycles. The van der Waals surface area contributed by atoms with Gasteiger partial charge in [-0.05, 0) is 32.1 Å². The molecule has 2 heteroatoms. The molecule has 0 aromatic heterocycles. The van der Waals surface area contributed by atoms with Gasteiger partial charge in [0.05, 0.1) is 0 Å². The average Bonchev–Trinajstić information content (AvgIpc) is 1.94. The molecule has 0 amide bonds. The first-order chi connectivity index (χ1) is 4.78. The molecule has 1 rings (SSSR count). The second-order valence-corrected chi connectivity index (χ2v) is 5.22. The Morgan fingerprint density at radius 1 is 1.18 bits per heavy atom. The summed E-state index contributed by atoms with van der Waals surface area (Å²) in [7, 11) is 3.45. The van der Waals surface area contributed by atoms with E-state index in [-0.39, 0.29) is 0 Å². The van der Waals surface area contributed by atoms with Gasteiger partial charge < -0.3 is 4.81 Å². The highest BCUT2D eigenvalue weighted by Gasteiger charge is 2.48. The maximum Gasteiger partial charge on any atom is 0.210 e. The first kappa shape index (κ1) is 9.12. The molecule has 11 heavy (non-hydrogen) atoms. The molecule has 1 fully saturated rings. The lowest BCUT2D eigenvalue weighted by Gasteiger charge is -2.35. The van der Waals surface area contributed by atoms with Crippen LogP contribution in [0.1, 0.15) is 34.6 Å². The zero-order chi connectivity index (χ0) is 8.86. The van der Waals surface area contributed by atoms with Gasteiger partial charge in [0.2, 0.25) is 7.41 Å². The molecule has 1 unspecified atom stereocenters. The van der Waals surface area contributed by atoms with Crippen LogP contribution in [0.2, 0.25) is 5.31 Å². The Labute approximate surface area is 71.4 Å². The summed E-state index contributed by atoms with van der Waals surface area (Å²) >= 11 is 0. The van der Waals surface area contributed by atoms with Crippen molar-refractivity contribution in [3.05, 3.63) is 0 Å². The van der Waals surface area contributed by atoms with Crippen LogP contribution in [0.5, 0.6) is 0 Å². The molecule has 1 saturated heterocycles. The Balaban J connectivity index is 2.89. The van der Waals surface area contributed by atoms with Gasteiger partial charge in [-0.3, -0.25) is 0 Å². The van der Waals surface area contributed by atoms with Gasteiger partial charge in [-0.25, -0.2) is 0 Å². The van der Waals surface area contributed by atoms with Crippen molar-refractivity contribution in [2.45, 2.75) is 45.5 Å². The minimum atomic E-state index is 0.378. The molecule has 0 spiro atoms. The molecule has 0 radical (unpaired) electrons. The fourth-order valence-electron chi connectivity index (χ4n) is 2.24. The van der Waals surface area contributed by atoms with Crippen LogP contribution in [-0.4, -0.2) is 24.8 Å². The maximum absolute atomic E-state index is 2.47. The predicted molar refractivity (Wildman–Crippen MR) is 52.2 cm³/mol. The molecular formula is C9H20BN. The van der Waals surface area contributed by atoms with E-state index in [0.717, 1.165) is 5.92 Å². The fourth-order valence-corrected chi connectivity index (χ4v) is 2.24. The van der Waals surface area contributed by atoms with E-state index in [9.17, 15) is 0 Å². The number of nitrogens with zero attached hydrogens (tertiary/aromatic N) is 1. The molecule has 0 aromatic carbocycles. The normalized spacial score (nSPS) is 35.3. The van der Waals surface area contributed by atoms with Crippen LogP contribution in [0.25, 0.3) is 0 Å². The van der Waals surface area contributed by atoms with Crippen molar-refractivity contribution < 1.29 is 0 Å². The molecule has 1 atom stereocenters. The SMILES string of the molecule is CC1C(C)(C)BN(C)C1(C)C. The van der Waals surface area contributed by atoms with Gasteiger partial charge in [0, 0.05) is 5.54 Å². The highest BCUT2D eigenvalue weighted by atomic mass is 15.1. The summed E-state index contributed by atoms with van der Waals surface area (Å²) in [5, 5.41) is 0.484. The average molecular weight is 153 g/mol. The standard InChI is InChI=1S/C9H20BN/c1-7-8(2,3)10-11(6)9(7,4)5/h7,10H,1-6H3. The van der Waals surface area contributed by atoms with Crippen molar-refractivity contribution in [1.82, 2.24) is 4.81 Å². The predicted octanol–water partition coefficient (Wildman–Crippen LogP) is 1.90. The van der Waals surface area contributed by atoms with Crippen molar-refractivity contribution >= 4 is 7.41 Å². The monoisotopic (exact) mass is 153 g/mol. The minimum absolute atomic E-state index is 0.378. The molecule has 1 aliphatic heterocycles. The third kappa shape index (κ3) is 1.22. The lowest BCUT2D eigenvalue weighted by atomic mass is 9.59. The van der Waals surface area contributed by atoms with Crippen LogP contribution in [0, 0.1) is 5.92 Å². The van der Waals surface area contributed by atoms with Crippen LogP contribution in [-0.2, 0) is 0 Å². The molecule has 1 nitrogen and oxygen atoms in total.